The number of allylic oxidation sites excluding steroid dienone is 14. The highest BCUT2D eigenvalue weighted by Gasteiger charge is 2.19. The molecule has 0 aromatic rings. The highest BCUT2D eigenvalue weighted by atomic mass is 16.6. The van der Waals surface area contributed by atoms with E-state index in [-0.39, 0.29) is 31.1 Å². The molecule has 0 bridgehead atoms. The van der Waals surface area contributed by atoms with Crippen molar-refractivity contribution in [3.05, 3.63) is 85.1 Å². The number of carbonyl (C=O) groups is 3. The van der Waals surface area contributed by atoms with Crippen molar-refractivity contribution in [3.63, 3.8) is 0 Å². The molecule has 0 aliphatic rings. The minimum absolute atomic E-state index is 0.0924. The maximum Gasteiger partial charge on any atom is 0.306 e. The van der Waals surface area contributed by atoms with Gasteiger partial charge in [0.05, 0.1) is 0 Å². The fourth-order valence-corrected chi connectivity index (χ4v) is 7.23. The second-order valence-corrected chi connectivity index (χ2v) is 17.5. The third-order valence-corrected chi connectivity index (χ3v) is 11.2. The van der Waals surface area contributed by atoms with Crippen LogP contribution in [0.2, 0.25) is 0 Å². The van der Waals surface area contributed by atoms with E-state index in [0.717, 1.165) is 116 Å². The Bertz CT molecular complexity index is 1250. The lowest BCUT2D eigenvalue weighted by atomic mass is 10.0. The van der Waals surface area contributed by atoms with E-state index < -0.39 is 6.10 Å². The van der Waals surface area contributed by atoms with Crippen LogP contribution in [-0.4, -0.2) is 37.2 Å². The number of unbranched alkanes of at least 4 members (excludes halogenated alkanes) is 25. The van der Waals surface area contributed by atoms with Crippen molar-refractivity contribution in [2.75, 3.05) is 13.2 Å². The Morgan fingerprint density at radius 3 is 1.12 bits per heavy atom. The van der Waals surface area contributed by atoms with E-state index in [4.69, 9.17) is 14.2 Å². The average Bonchev–Trinajstić information content (AvgIpc) is 3.29. The number of rotatable bonds is 47. The topological polar surface area (TPSA) is 78.9 Å². The fraction of sp³-hybridized carbons (Fsp3) is 0.707. The summed E-state index contributed by atoms with van der Waals surface area (Å²) in [7, 11) is 0. The lowest BCUT2D eigenvalue weighted by molar-refractivity contribution is -0.167. The summed E-state index contributed by atoms with van der Waals surface area (Å²) in [5.41, 5.74) is 0. The molecule has 0 saturated carbocycles. The van der Waals surface area contributed by atoms with Crippen LogP contribution in [0.3, 0.4) is 0 Å². The summed E-state index contributed by atoms with van der Waals surface area (Å²) in [5, 5.41) is 0. The Hall–Kier alpha value is -3.41. The average molecular weight is 891 g/mol. The van der Waals surface area contributed by atoms with Gasteiger partial charge in [0.1, 0.15) is 13.2 Å². The van der Waals surface area contributed by atoms with Crippen LogP contribution in [0.1, 0.15) is 245 Å². The van der Waals surface area contributed by atoms with Gasteiger partial charge in [-0.25, -0.2) is 0 Å². The highest BCUT2D eigenvalue weighted by molar-refractivity contribution is 5.71. The van der Waals surface area contributed by atoms with Gasteiger partial charge in [-0.3, -0.25) is 14.4 Å². The van der Waals surface area contributed by atoms with Gasteiger partial charge in [0.2, 0.25) is 0 Å². The molecule has 1 atom stereocenters. The summed E-state index contributed by atoms with van der Waals surface area (Å²) in [6, 6.07) is 0. The predicted octanol–water partition coefficient (Wildman–Crippen LogP) is 17.6. The van der Waals surface area contributed by atoms with Crippen LogP contribution >= 0.6 is 0 Å². The Morgan fingerprint density at radius 2 is 0.672 bits per heavy atom. The van der Waals surface area contributed by atoms with Crippen molar-refractivity contribution in [2.45, 2.75) is 252 Å². The third-order valence-electron chi connectivity index (χ3n) is 11.2. The zero-order valence-corrected chi connectivity index (χ0v) is 41.8. The highest BCUT2D eigenvalue weighted by Crippen LogP contribution is 2.15. The number of hydrogen-bond donors (Lipinski definition) is 0. The fourth-order valence-electron chi connectivity index (χ4n) is 7.23. The summed E-state index contributed by atoms with van der Waals surface area (Å²) < 4.78 is 16.8. The van der Waals surface area contributed by atoms with Crippen LogP contribution < -0.4 is 0 Å². The Morgan fingerprint density at radius 1 is 0.344 bits per heavy atom. The first kappa shape index (κ1) is 60.6. The summed E-state index contributed by atoms with van der Waals surface area (Å²) in [6.07, 6.45) is 67.0. The lowest BCUT2D eigenvalue weighted by Crippen LogP contribution is -2.30. The van der Waals surface area contributed by atoms with E-state index in [1.807, 2.05) is 0 Å². The van der Waals surface area contributed by atoms with Gasteiger partial charge in [-0.1, -0.05) is 234 Å². The number of ether oxygens (including phenoxy) is 3. The van der Waals surface area contributed by atoms with Gasteiger partial charge in [-0.2, -0.15) is 0 Å². The van der Waals surface area contributed by atoms with Gasteiger partial charge in [0, 0.05) is 19.3 Å². The molecular formula is C58H98O6. The molecule has 0 aliphatic carbocycles. The Kier molecular flexibility index (Phi) is 49.4. The molecule has 0 radical (unpaired) electrons. The van der Waals surface area contributed by atoms with E-state index >= 15 is 0 Å². The number of hydrogen-bond acceptors (Lipinski definition) is 6. The van der Waals surface area contributed by atoms with Crippen molar-refractivity contribution in [2.24, 2.45) is 0 Å². The lowest BCUT2D eigenvalue weighted by Gasteiger charge is -2.18. The van der Waals surface area contributed by atoms with Crippen molar-refractivity contribution in [3.8, 4) is 0 Å². The Balaban J connectivity index is 4.46. The van der Waals surface area contributed by atoms with Gasteiger partial charge in [0.25, 0.3) is 0 Å². The second-order valence-electron chi connectivity index (χ2n) is 17.5. The van der Waals surface area contributed by atoms with Crippen LogP contribution in [0.15, 0.2) is 85.1 Å². The summed E-state index contributed by atoms with van der Waals surface area (Å²) >= 11 is 0. The van der Waals surface area contributed by atoms with Crippen molar-refractivity contribution < 1.29 is 28.6 Å². The standard InChI is InChI=1S/C58H98O6/c1-4-7-10-13-16-19-22-25-28-29-30-31-34-36-39-42-45-48-51-57(60)63-54-55(64-58(61)52-49-46-43-40-37-33-27-24-21-18-15-12-9-6-3)53-62-56(59)50-47-44-41-38-35-32-26-23-20-17-14-11-8-5-2/h9,12,16,18-19,21-22,25,27-31,33,55H,4-8,10-11,13-15,17,20,23-24,26,32,34-54H2,1-3H3/b12-9-,19-16-,21-18-,25-22-,29-28-,31-30-,33-27-. The second kappa shape index (κ2) is 52.2. The molecule has 366 valence electrons. The summed E-state index contributed by atoms with van der Waals surface area (Å²) in [5.74, 6) is -0.936. The van der Waals surface area contributed by atoms with Crippen LogP contribution in [0.4, 0.5) is 0 Å². The Labute approximate surface area is 395 Å². The van der Waals surface area contributed by atoms with Crippen LogP contribution in [-0.2, 0) is 28.6 Å². The molecule has 64 heavy (non-hydrogen) atoms. The first-order valence-corrected chi connectivity index (χ1v) is 26.6. The molecule has 0 N–H and O–H groups in total. The number of esters is 3. The molecule has 0 spiro atoms. The monoisotopic (exact) mass is 891 g/mol. The van der Waals surface area contributed by atoms with Crippen molar-refractivity contribution in [1.82, 2.24) is 0 Å². The molecule has 6 nitrogen and oxygen atoms in total. The maximum absolute atomic E-state index is 12.8. The van der Waals surface area contributed by atoms with Crippen molar-refractivity contribution in [1.29, 1.82) is 0 Å². The molecule has 0 fully saturated rings. The first-order valence-electron chi connectivity index (χ1n) is 26.6. The van der Waals surface area contributed by atoms with Gasteiger partial charge in [-0.05, 0) is 77.0 Å². The quantitative estimate of drug-likeness (QED) is 0.0199. The molecule has 0 aliphatic heterocycles. The largest absolute Gasteiger partial charge is 0.462 e. The summed E-state index contributed by atoms with van der Waals surface area (Å²) in [4.78, 5) is 38.0. The van der Waals surface area contributed by atoms with E-state index in [1.165, 1.54) is 89.9 Å². The summed E-state index contributed by atoms with van der Waals surface area (Å²) in [6.45, 7) is 6.45. The van der Waals surface area contributed by atoms with E-state index in [2.05, 4.69) is 106 Å². The molecular weight excluding hydrogens is 793 g/mol. The molecule has 0 aromatic carbocycles. The molecule has 1 unspecified atom stereocenters. The molecule has 0 amide bonds. The van der Waals surface area contributed by atoms with Gasteiger partial charge < -0.3 is 14.2 Å². The molecule has 0 rings (SSSR count). The zero-order chi connectivity index (χ0) is 46.5. The number of carbonyl (C=O) groups excluding carboxylic acids is 3. The minimum Gasteiger partial charge on any atom is -0.462 e. The smallest absolute Gasteiger partial charge is 0.306 e. The maximum atomic E-state index is 12.8. The SMILES string of the molecule is CC/C=C\C/C=C\C/C=C\CCCCCCC(=O)OC(COC(=O)CCCCCCC\C=C/C=C\C=C/C=C\CCCCC)COC(=O)CCCCCCCCCCCCCCCC. The van der Waals surface area contributed by atoms with Gasteiger partial charge in [-0.15, -0.1) is 0 Å². The van der Waals surface area contributed by atoms with Crippen LogP contribution in [0, 0.1) is 0 Å². The minimum atomic E-state index is -0.797. The zero-order valence-electron chi connectivity index (χ0n) is 41.8. The van der Waals surface area contributed by atoms with Gasteiger partial charge in [0.15, 0.2) is 6.10 Å². The van der Waals surface area contributed by atoms with Crippen molar-refractivity contribution >= 4 is 17.9 Å². The van der Waals surface area contributed by atoms with Crippen LogP contribution in [0.5, 0.6) is 0 Å². The molecule has 0 saturated heterocycles. The first-order chi connectivity index (χ1) is 31.5. The predicted molar refractivity (Wildman–Crippen MR) is 274 cm³/mol. The third kappa shape index (κ3) is 49.6. The van der Waals surface area contributed by atoms with E-state index in [9.17, 15) is 14.4 Å². The normalized spacial score (nSPS) is 12.7. The molecule has 0 aromatic heterocycles. The van der Waals surface area contributed by atoms with Crippen LogP contribution in [0.25, 0.3) is 0 Å². The molecule has 0 heterocycles. The molecule has 6 heteroatoms. The van der Waals surface area contributed by atoms with E-state index in [0.29, 0.717) is 19.3 Å². The van der Waals surface area contributed by atoms with E-state index in [1.54, 1.807) is 0 Å². The van der Waals surface area contributed by atoms with Gasteiger partial charge >= 0.3 is 17.9 Å².